The predicted octanol–water partition coefficient (Wildman–Crippen LogP) is 2.17. The van der Waals surface area contributed by atoms with Crippen molar-refractivity contribution in [2.45, 2.75) is 45.9 Å². The maximum Gasteiger partial charge on any atom is 0.215 e. The molecule has 1 rings (SSSR count). The monoisotopic (exact) mass is 304 g/mol. The highest BCUT2D eigenvalue weighted by Gasteiger charge is 2.19. The second kappa shape index (κ2) is 7.38. The summed E-state index contributed by atoms with van der Waals surface area (Å²) < 4.78 is 26.8. The van der Waals surface area contributed by atoms with E-state index in [1.165, 1.54) is 10.4 Å². The first-order valence-corrected chi connectivity index (χ1v) is 8.98. The zero-order chi connectivity index (χ0) is 14.5. The van der Waals surface area contributed by atoms with E-state index in [1.807, 2.05) is 13.0 Å². The Bertz CT molecular complexity index is 475. The third-order valence-corrected chi connectivity index (χ3v) is 5.98. The van der Waals surface area contributed by atoms with Crippen LogP contribution < -0.4 is 10.0 Å². The molecule has 0 fully saturated rings. The molecule has 0 spiro atoms. The van der Waals surface area contributed by atoms with E-state index in [2.05, 4.69) is 23.9 Å². The van der Waals surface area contributed by atoms with Crippen molar-refractivity contribution in [1.82, 2.24) is 10.0 Å². The summed E-state index contributed by atoms with van der Waals surface area (Å²) in [5, 5.41) is 2.72. The minimum absolute atomic E-state index is 0.389. The van der Waals surface area contributed by atoms with Gasteiger partial charge in [-0.25, -0.2) is 13.1 Å². The lowest BCUT2D eigenvalue weighted by atomic mass is 10.3. The van der Waals surface area contributed by atoms with Crippen molar-refractivity contribution in [3.05, 3.63) is 21.4 Å². The van der Waals surface area contributed by atoms with Gasteiger partial charge < -0.3 is 5.32 Å². The fourth-order valence-corrected chi connectivity index (χ4v) is 3.71. The van der Waals surface area contributed by atoms with Crippen molar-refractivity contribution in [3.8, 4) is 0 Å². The van der Waals surface area contributed by atoms with E-state index in [9.17, 15) is 8.42 Å². The minimum atomic E-state index is -3.25. The van der Waals surface area contributed by atoms with Gasteiger partial charge in [-0.05, 0) is 45.4 Å². The van der Waals surface area contributed by atoms with E-state index in [4.69, 9.17) is 0 Å². The molecule has 4 nitrogen and oxygen atoms in total. The van der Waals surface area contributed by atoms with E-state index < -0.39 is 15.3 Å². The Hall–Kier alpha value is -0.430. The number of hydrogen-bond donors (Lipinski definition) is 2. The Kier molecular flexibility index (Phi) is 6.46. The lowest BCUT2D eigenvalue weighted by Gasteiger charge is -2.14. The van der Waals surface area contributed by atoms with Crippen molar-refractivity contribution >= 4 is 21.4 Å². The standard InChI is InChI=1S/C13H24N2O2S2/c1-5-6-14-8-11(3)19(16,17)15-9-13-7-10(2)12(4)18-13/h7,11,14-15H,5-6,8-9H2,1-4H3. The van der Waals surface area contributed by atoms with Gasteiger partial charge >= 0.3 is 0 Å². The van der Waals surface area contributed by atoms with Crippen molar-refractivity contribution in [2.24, 2.45) is 0 Å². The van der Waals surface area contributed by atoms with E-state index in [0.717, 1.165) is 17.8 Å². The van der Waals surface area contributed by atoms with Crippen LogP contribution in [0.25, 0.3) is 0 Å². The first-order valence-electron chi connectivity index (χ1n) is 6.62. The first kappa shape index (κ1) is 16.6. The average Bonchev–Trinajstić information content (AvgIpc) is 2.67. The summed E-state index contributed by atoms with van der Waals surface area (Å²) in [7, 11) is -3.25. The SMILES string of the molecule is CCCNCC(C)S(=O)(=O)NCc1cc(C)c(C)s1. The smallest absolute Gasteiger partial charge is 0.215 e. The lowest BCUT2D eigenvalue weighted by molar-refractivity contribution is 0.557. The lowest BCUT2D eigenvalue weighted by Crippen LogP contribution is -2.38. The van der Waals surface area contributed by atoms with E-state index in [1.54, 1.807) is 18.3 Å². The van der Waals surface area contributed by atoms with Gasteiger partial charge in [-0.15, -0.1) is 11.3 Å². The number of nitrogens with one attached hydrogen (secondary N) is 2. The highest BCUT2D eigenvalue weighted by atomic mass is 32.2. The first-order chi connectivity index (χ1) is 8.86. The molecular weight excluding hydrogens is 280 g/mol. The van der Waals surface area contributed by atoms with Gasteiger partial charge in [-0.1, -0.05) is 6.92 Å². The Morgan fingerprint density at radius 3 is 2.58 bits per heavy atom. The third-order valence-electron chi connectivity index (χ3n) is 3.05. The number of aryl methyl sites for hydroxylation is 2. The molecule has 19 heavy (non-hydrogen) atoms. The maximum atomic E-state index is 12.0. The van der Waals surface area contributed by atoms with Crippen molar-refractivity contribution in [3.63, 3.8) is 0 Å². The molecule has 1 aromatic rings. The Morgan fingerprint density at radius 1 is 1.37 bits per heavy atom. The molecule has 2 N–H and O–H groups in total. The maximum absolute atomic E-state index is 12.0. The number of rotatable bonds is 8. The summed E-state index contributed by atoms with van der Waals surface area (Å²) in [5.41, 5.74) is 1.22. The van der Waals surface area contributed by atoms with E-state index >= 15 is 0 Å². The molecule has 1 heterocycles. The van der Waals surface area contributed by atoms with Crippen LogP contribution in [0, 0.1) is 13.8 Å². The van der Waals surface area contributed by atoms with Crippen LogP contribution in [0.3, 0.4) is 0 Å². The predicted molar refractivity (Wildman–Crippen MR) is 82.2 cm³/mol. The van der Waals surface area contributed by atoms with Crippen LogP contribution >= 0.6 is 11.3 Å². The normalized spacial score (nSPS) is 13.7. The number of thiophene rings is 1. The number of sulfonamides is 1. The summed E-state index contributed by atoms with van der Waals surface area (Å²) >= 11 is 1.65. The fraction of sp³-hybridized carbons (Fsp3) is 0.692. The van der Waals surface area contributed by atoms with Crippen molar-refractivity contribution in [1.29, 1.82) is 0 Å². The Morgan fingerprint density at radius 2 is 2.05 bits per heavy atom. The van der Waals surface area contributed by atoms with Crippen LogP contribution in [-0.4, -0.2) is 26.8 Å². The highest BCUT2D eigenvalue weighted by molar-refractivity contribution is 7.90. The molecule has 1 aromatic heterocycles. The van der Waals surface area contributed by atoms with Crippen LogP contribution in [0.2, 0.25) is 0 Å². The molecule has 0 aliphatic heterocycles. The molecule has 0 radical (unpaired) electrons. The van der Waals surface area contributed by atoms with Gasteiger partial charge in [0.15, 0.2) is 0 Å². The minimum Gasteiger partial charge on any atom is -0.315 e. The van der Waals surface area contributed by atoms with Crippen molar-refractivity contribution in [2.75, 3.05) is 13.1 Å². The van der Waals surface area contributed by atoms with E-state index in [0.29, 0.717) is 13.1 Å². The topological polar surface area (TPSA) is 58.2 Å². The summed E-state index contributed by atoms with van der Waals surface area (Å²) in [5.74, 6) is 0. The Balaban J connectivity index is 2.50. The molecule has 1 unspecified atom stereocenters. The van der Waals surface area contributed by atoms with Gasteiger partial charge in [0, 0.05) is 22.8 Å². The van der Waals surface area contributed by atoms with Gasteiger partial charge in [0.2, 0.25) is 10.0 Å². The molecule has 0 saturated heterocycles. The average molecular weight is 304 g/mol. The molecule has 6 heteroatoms. The molecule has 0 amide bonds. The molecule has 1 atom stereocenters. The fourth-order valence-electron chi connectivity index (χ4n) is 1.64. The van der Waals surface area contributed by atoms with E-state index in [-0.39, 0.29) is 0 Å². The van der Waals surface area contributed by atoms with Crippen molar-refractivity contribution < 1.29 is 8.42 Å². The van der Waals surface area contributed by atoms with Crippen LogP contribution in [0.4, 0.5) is 0 Å². The molecule has 110 valence electrons. The van der Waals surface area contributed by atoms with Crippen LogP contribution in [0.1, 0.15) is 35.6 Å². The van der Waals surface area contributed by atoms with Gasteiger partial charge in [0.05, 0.1) is 5.25 Å². The van der Waals surface area contributed by atoms with Crippen LogP contribution in [0.5, 0.6) is 0 Å². The highest BCUT2D eigenvalue weighted by Crippen LogP contribution is 2.20. The summed E-state index contributed by atoms with van der Waals surface area (Å²) in [6, 6.07) is 2.04. The van der Waals surface area contributed by atoms with Crippen LogP contribution in [-0.2, 0) is 16.6 Å². The number of hydrogen-bond acceptors (Lipinski definition) is 4. The zero-order valence-electron chi connectivity index (χ0n) is 12.1. The molecule has 0 saturated carbocycles. The van der Waals surface area contributed by atoms with Crippen LogP contribution in [0.15, 0.2) is 6.07 Å². The summed E-state index contributed by atoms with van der Waals surface area (Å²) in [6.07, 6.45) is 1.01. The molecule has 0 aliphatic rings. The summed E-state index contributed by atoms with van der Waals surface area (Å²) in [6.45, 7) is 9.62. The molecule has 0 bridgehead atoms. The molecular formula is C13H24N2O2S2. The molecule has 0 aromatic carbocycles. The third kappa shape index (κ3) is 5.22. The van der Waals surface area contributed by atoms with Gasteiger partial charge in [0.25, 0.3) is 0 Å². The Labute approximate surface area is 120 Å². The van der Waals surface area contributed by atoms with Gasteiger partial charge in [-0.2, -0.15) is 0 Å². The van der Waals surface area contributed by atoms with Gasteiger partial charge in [-0.3, -0.25) is 0 Å². The quantitative estimate of drug-likeness (QED) is 0.724. The zero-order valence-corrected chi connectivity index (χ0v) is 13.7. The van der Waals surface area contributed by atoms with Gasteiger partial charge in [0.1, 0.15) is 0 Å². The largest absolute Gasteiger partial charge is 0.315 e. The molecule has 0 aliphatic carbocycles. The second-order valence-corrected chi connectivity index (χ2v) is 8.36. The summed E-state index contributed by atoms with van der Waals surface area (Å²) in [4.78, 5) is 2.30. The second-order valence-electron chi connectivity index (χ2n) is 4.83.